The predicted octanol–water partition coefficient (Wildman–Crippen LogP) is 2.94. The number of ether oxygens (including phenoxy) is 2. The Bertz CT molecular complexity index is 931. The molecule has 3 heterocycles. The summed E-state index contributed by atoms with van der Waals surface area (Å²) in [5.74, 6) is 1.31. The summed E-state index contributed by atoms with van der Waals surface area (Å²) in [7, 11) is 1.58. The fourth-order valence-electron chi connectivity index (χ4n) is 4.64. The number of nitrogens with zero attached hydrogens (tertiary/aromatic N) is 3. The van der Waals surface area contributed by atoms with Gasteiger partial charge < -0.3 is 25.2 Å². The number of rotatable bonds is 4. The molecule has 4 rings (SSSR count). The van der Waals surface area contributed by atoms with Gasteiger partial charge in [-0.3, -0.25) is 0 Å². The summed E-state index contributed by atoms with van der Waals surface area (Å²) in [6, 6.07) is 5.61. The molecule has 2 atom stereocenters. The smallest absolute Gasteiger partial charge is 0.153 e. The molecule has 1 aromatic heterocycles. The van der Waals surface area contributed by atoms with Crippen molar-refractivity contribution >= 4 is 17.4 Å². The van der Waals surface area contributed by atoms with Crippen molar-refractivity contribution < 1.29 is 14.6 Å². The number of methoxy groups -OCH3 is 1. The van der Waals surface area contributed by atoms with E-state index in [-0.39, 0.29) is 24.2 Å². The van der Waals surface area contributed by atoms with E-state index in [0.29, 0.717) is 28.8 Å². The summed E-state index contributed by atoms with van der Waals surface area (Å²) < 4.78 is 11.2. The Balaban J connectivity index is 1.63. The number of anilines is 1. The van der Waals surface area contributed by atoms with Crippen LogP contribution in [0.15, 0.2) is 18.2 Å². The van der Waals surface area contributed by atoms with Gasteiger partial charge in [0.2, 0.25) is 0 Å². The van der Waals surface area contributed by atoms with Gasteiger partial charge >= 0.3 is 0 Å². The molecule has 1 unspecified atom stereocenters. The number of benzene rings is 1. The van der Waals surface area contributed by atoms with Gasteiger partial charge in [-0.2, -0.15) is 0 Å². The first-order valence-corrected chi connectivity index (χ1v) is 10.7. The molecule has 8 heteroatoms. The molecule has 0 saturated carbocycles. The third-order valence-corrected chi connectivity index (χ3v) is 7.00. The van der Waals surface area contributed by atoms with Crippen LogP contribution in [0.2, 0.25) is 5.02 Å². The third-order valence-electron chi connectivity index (χ3n) is 6.61. The molecular formula is C22H29ClN4O3. The van der Waals surface area contributed by atoms with Crippen LogP contribution in [-0.2, 0) is 11.3 Å². The predicted molar refractivity (Wildman–Crippen MR) is 117 cm³/mol. The zero-order chi connectivity index (χ0) is 21.5. The number of aliphatic hydroxyl groups excluding tert-OH is 1. The highest BCUT2D eigenvalue weighted by molar-refractivity contribution is 6.34. The van der Waals surface area contributed by atoms with E-state index in [1.54, 1.807) is 13.2 Å². The number of hydrogen-bond donors (Lipinski definition) is 2. The van der Waals surface area contributed by atoms with Crippen molar-refractivity contribution in [3.05, 3.63) is 34.6 Å². The Kier molecular flexibility index (Phi) is 5.90. The van der Waals surface area contributed by atoms with Crippen LogP contribution in [0, 0.1) is 12.3 Å². The summed E-state index contributed by atoms with van der Waals surface area (Å²) in [4.78, 5) is 11.8. The van der Waals surface area contributed by atoms with Crippen LogP contribution in [0.3, 0.4) is 0 Å². The lowest BCUT2D eigenvalue weighted by atomic mass is 9.73. The number of aliphatic hydroxyl groups is 1. The zero-order valence-corrected chi connectivity index (χ0v) is 18.4. The van der Waals surface area contributed by atoms with E-state index in [2.05, 4.69) is 4.90 Å². The number of nitrogens with two attached hydrogens (primary N) is 1. The van der Waals surface area contributed by atoms with E-state index in [1.165, 1.54) is 0 Å². The Morgan fingerprint density at radius 2 is 2.07 bits per heavy atom. The Hall–Kier alpha value is -1.93. The zero-order valence-electron chi connectivity index (χ0n) is 17.7. The van der Waals surface area contributed by atoms with Crippen LogP contribution in [0.5, 0.6) is 5.75 Å². The van der Waals surface area contributed by atoms with Crippen molar-refractivity contribution in [2.45, 2.75) is 45.4 Å². The lowest BCUT2D eigenvalue weighted by Crippen LogP contribution is -2.51. The van der Waals surface area contributed by atoms with Gasteiger partial charge in [0.1, 0.15) is 11.4 Å². The van der Waals surface area contributed by atoms with Crippen molar-refractivity contribution in [1.82, 2.24) is 9.97 Å². The van der Waals surface area contributed by atoms with Gasteiger partial charge in [-0.1, -0.05) is 23.7 Å². The van der Waals surface area contributed by atoms with E-state index >= 15 is 0 Å². The quantitative estimate of drug-likeness (QED) is 0.767. The highest BCUT2D eigenvalue weighted by Gasteiger charge is 2.47. The van der Waals surface area contributed by atoms with Gasteiger partial charge in [-0.05, 0) is 32.8 Å². The maximum atomic E-state index is 10.0. The number of aromatic nitrogens is 2. The molecule has 3 N–H and O–H groups in total. The second-order valence-electron chi connectivity index (χ2n) is 8.30. The second-order valence-corrected chi connectivity index (χ2v) is 8.68. The molecule has 2 aliphatic rings. The largest absolute Gasteiger partial charge is 0.495 e. The fourth-order valence-corrected chi connectivity index (χ4v) is 4.94. The third kappa shape index (κ3) is 3.54. The molecule has 0 aliphatic carbocycles. The van der Waals surface area contributed by atoms with E-state index in [4.69, 9.17) is 36.8 Å². The van der Waals surface area contributed by atoms with Gasteiger partial charge in [-0.15, -0.1) is 0 Å². The summed E-state index contributed by atoms with van der Waals surface area (Å²) in [5, 5.41) is 10.5. The molecule has 2 fully saturated rings. The van der Waals surface area contributed by atoms with Gasteiger partial charge in [0, 0.05) is 30.1 Å². The maximum absolute atomic E-state index is 10.0. The Morgan fingerprint density at radius 3 is 2.67 bits per heavy atom. The molecule has 2 aliphatic heterocycles. The van der Waals surface area contributed by atoms with Gasteiger partial charge in [0.05, 0.1) is 42.8 Å². The molecule has 30 heavy (non-hydrogen) atoms. The molecule has 0 radical (unpaired) electrons. The number of piperidine rings is 1. The summed E-state index contributed by atoms with van der Waals surface area (Å²) in [5.41, 5.74) is 9.17. The number of hydrogen-bond acceptors (Lipinski definition) is 7. The van der Waals surface area contributed by atoms with Gasteiger partial charge in [-0.25, -0.2) is 9.97 Å². The number of aryl methyl sites for hydroxylation is 1. The lowest BCUT2D eigenvalue weighted by molar-refractivity contribution is 0.0973. The monoisotopic (exact) mass is 432 g/mol. The first-order valence-electron chi connectivity index (χ1n) is 10.3. The Labute approximate surface area is 182 Å². The van der Waals surface area contributed by atoms with Crippen molar-refractivity contribution in [1.29, 1.82) is 0 Å². The van der Waals surface area contributed by atoms with Crippen molar-refractivity contribution in [2.24, 2.45) is 11.1 Å². The minimum absolute atomic E-state index is 0.0336. The van der Waals surface area contributed by atoms with Gasteiger partial charge in [0.15, 0.2) is 5.82 Å². The molecule has 1 aromatic carbocycles. The van der Waals surface area contributed by atoms with E-state index in [9.17, 15) is 5.11 Å². The second kappa shape index (κ2) is 8.30. The van der Waals surface area contributed by atoms with Crippen molar-refractivity contribution in [3.63, 3.8) is 0 Å². The van der Waals surface area contributed by atoms with Gasteiger partial charge in [0.25, 0.3) is 0 Å². The average molecular weight is 433 g/mol. The molecule has 162 valence electrons. The molecular weight excluding hydrogens is 404 g/mol. The lowest BCUT2D eigenvalue weighted by Gasteiger charge is -2.42. The standard InChI is InChI=1S/C22H29ClN4O3/c1-13-19(15-5-4-6-17(29-3)18(15)23)26-16(11-28)21(25-13)27-9-7-22(8-10-27)12-30-14(2)20(22)24/h4-6,14,20,28H,7-12,24H2,1-3H3/t14?,20-/m1/s1. The minimum atomic E-state index is -0.196. The van der Waals surface area contributed by atoms with Crippen molar-refractivity contribution in [3.8, 4) is 17.0 Å². The van der Waals surface area contributed by atoms with Crippen LogP contribution in [0.4, 0.5) is 5.82 Å². The van der Waals surface area contributed by atoms with Crippen LogP contribution in [-0.4, -0.2) is 54.0 Å². The summed E-state index contributed by atoms with van der Waals surface area (Å²) in [6.07, 6.45) is 1.97. The Morgan fingerprint density at radius 1 is 1.33 bits per heavy atom. The van der Waals surface area contributed by atoms with E-state index in [0.717, 1.165) is 43.0 Å². The molecule has 2 aromatic rings. The molecule has 1 spiro atoms. The molecule has 0 bridgehead atoms. The van der Waals surface area contributed by atoms with Crippen LogP contribution < -0.4 is 15.4 Å². The normalized spacial score (nSPS) is 23.2. The molecule has 2 saturated heterocycles. The van der Waals surface area contributed by atoms with E-state index in [1.807, 2.05) is 26.0 Å². The first kappa shape index (κ1) is 21.3. The highest BCUT2D eigenvalue weighted by atomic mass is 35.5. The minimum Gasteiger partial charge on any atom is -0.495 e. The van der Waals surface area contributed by atoms with Crippen LogP contribution >= 0.6 is 11.6 Å². The highest BCUT2D eigenvalue weighted by Crippen LogP contribution is 2.42. The number of halogens is 1. The molecule has 7 nitrogen and oxygen atoms in total. The van der Waals surface area contributed by atoms with E-state index < -0.39 is 0 Å². The van der Waals surface area contributed by atoms with Crippen LogP contribution in [0.25, 0.3) is 11.3 Å². The first-order chi connectivity index (χ1) is 14.4. The average Bonchev–Trinajstić information content (AvgIpc) is 3.03. The molecule has 0 amide bonds. The fraction of sp³-hybridized carbons (Fsp3) is 0.545. The topological polar surface area (TPSA) is 93.7 Å². The van der Waals surface area contributed by atoms with Crippen LogP contribution in [0.1, 0.15) is 31.2 Å². The summed E-state index contributed by atoms with van der Waals surface area (Å²) >= 11 is 6.50. The maximum Gasteiger partial charge on any atom is 0.153 e. The summed E-state index contributed by atoms with van der Waals surface area (Å²) in [6.45, 7) is 6.10. The SMILES string of the molecule is COc1cccc(-c2nc(CO)c(N3CCC4(CC3)COC(C)[C@H]4N)nc2C)c1Cl. The van der Waals surface area contributed by atoms with Crippen molar-refractivity contribution in [2.75, 3.05) is 31.7 Å².